The number of azide groups is 1. The minimum Gasteiger partial charge on any atom is -0.456 e. The van der Waals surface area contributed by atoms with Gasteiger partial charge in [-0.05, 0) is 5.53 Å². The second-order valence-electron chi connectivity index (χ2n) is 5.29. The molecule has 1 rings (SSSR count). The largest absolute Gasteiger partial charge is 0.456 e. The van der Waals surface area contributed by atoms with E-state index in [-0.39, 0.29) is 6.54 Å². The SMILES string of the molecule is CC(=O)O[C@@H]1O[C@H](CN=[N+]=[N-])[C@@H](OC(C)=O)[C@H](OC(C)=O)[C@@H]1OC(C)=O. The van der Waals surface area contributed by atoms with Crippen molar-refractivity contribution in [1.29, 1.82) is 0 Å². The zero-order valence-electron chi connectivity index (χ0n) is 14.6. The highest BCUT2D eigenvalue weighted by molar-refractivity contribution is 5.69. The van der Waals surface area contributed by atoms with Crippen LogP contribution in [-0.4, -0.2) is 61.1 Å². The molecular formula is C14H19N3O9. The van der Waals surface area contributed by atoms with Crippen molar-refractivity contribution in [3.05, 3.63) is 10.4 Å². The summed E-state index contributed by atoms with van der Waals surface area (Å²) in [4.78, 5) is 48.3. The summed E-state index contributed by atoms with van der Waals surface area (Å²) in [6.07, 6.45) is -6.59. The standard InChI is InChI=1S/C14H19N3O9/c1-6(18)22-11-10(5-16-17-15)26-14(25-9(4)21)13(24-8(3)20)12(11)23-7(2)19/h10-14H,5H2,1-4H3/t10-,11-,12+,13+,14-/m1/s1. The number of nitrogens with zero attached hydrogens (tertiary/aromatic N) is 3. The molecular weight excluding hydrogens is 354 g/mol. The number of carbonyl (C=O) groups excluding carboxylic acids is 4. The van der Waals surface area contributed by atoms with Crippen LogP contribution in [0.3, 0.4) is 0 Å². The van der Waals surface area contributed by atoms with E-state index in [0.717, 1.165) is 27.7 Å². The Hall–Kier alpha value is -2.85. The molecule has 1 heterocycles. The number of esters is 4. The molecule has 0 amide bonds. The predicted octanol–water partition coefficient (Wildman–Crippen LogP) is 0.380. The van der Waals surface area contributed by atoms with E-state index in [0.29, 0.717) is 0 Å². The Morgan fingerprint density at radius 1 is 0.846 bits per heavy atom. The Labute approximate surface area is 148 Å². The van der Waals surface area contributed by atoms with Crippen LogP contribution in [0.2, 0.25) is 0 Å². The van der Waals surface area contributed by atoms with E-state index in [2.05, 4.69) is 10.0 Å². The molecule has 1 saturated heterocycles. The van der Waals surface area contributed by atoms with Crippen LogP contribution in [0.4, 0.5) is 0 Å². The van der Waals surface area contributed by atoms with Crippen molar-refractivity contribution < 1.29 is 42.9 Å². The summed E-state index contributed by atoms with van der Waals surface area (Å²) >= 11 is 0. The first kappa shape index (κ1) is 21.2. The lowest BCUT2D eigenvalue weighted by molar-refractivity contribution is -0.293. The van der Waals surface area contributed by atoms with E-state index in [1.807, 2.05) is 0 Å². The van der Waals surface area contributed by atoms with Crippen LogP contribution >= 0.6 is 0 Å². The molecule has 1 aliphatic heterocycles. The number of carbonyl (C=O) groups is 4. The van der Waals surface area contributed by atoms with Gasteiger partial charge >= 0.3 is 23.9 Å². The monoisotopic (exact) mass is 373 g/mol. The first-order valence-corrected chi connectivity index (χ1v) is 7.51. The summed E-state index contributed by atoms with van der Waals surface area (Å²) in [7, 11) is 0. The molecule has 0 aliphatic carbocycles. The Bertz CT molecular complexity index is 587. The number of hydrogen-bond acceptors (Lipinski definition) is 10. The molecule has 0 aromatic heterocycles. The molecule has 12 heteroatoms. The Kier molecular flexibility index (Phi) is 7.81. The van der Waals surface area contributed by atoms with Gasteiger partial charge in [-0.25, -0.2) is 0 Å². The van der Waals surface area contributed by atoms with E-state index >= 15 is 0 Å². The minimum absolute atomic E-state index is 0.323. The quantitative estimate of drug-likeness (QED) is 0.210. The maximum Gasteiger partial charge on any atom is 0.305 e. The zero-order valence-corrected chi connectivity index (χ0v) is 14.6. The lowest BCUT2D eigenvalue weighted by Crippen LogP contribution is -2.62. The highest BCUT2D eigenvalue weighted by Crippen LogP contribution is 2.29. The average molecular weight is 373 g/mol. The van der Waals surface area contributed by atoms with Crippen molar-refractivity contribution in [2.75, 3.05) is 6.54 Å². The fraction of sp³-hybridized carbons (Fsp3) is 0.714. The van der Waals surface area contributed by atoms with E-state index < -0.39 is 54.6 Å². The minimum atomic E-state index is -1.47. The predicted molar refractivity (Wildman–Crippen MR) is 81.1 cm³/mol. The second-order valence-corrected chi connectivity index (χ2v) is 5.29. The van der Waals surface area contributed by atoms with Crippen molar-refractivity contribution in [2.24, 2.45) is 5.11 Å². The van der Waals surface area contributed by atoms with E-state index in [1.165, 1.54) is 0 Å². The molecule has 12 nitrogen and oxygen atoms in total. The van der Waals surface area contributed by atoms with Crippen LogP contribution in [0.25, 0.3) is 10.4 Å². The first-order valence-electron chi connectivity index (χ1n) is 7.51. The Balaban J connectivity index is 3.32. The highest BCUT2D eigenvalue weighted by atomic mass is 16.7. The molecule has 0 aromatic rings. The molecule has 0 spiro atoms. The van der Waals surface area contributed by atoms with Crippen LogP contribution in [0, 0.1) is 0 Å². The third kappa shape index (κ3) is 6.22. The number of ether oxygens (including phenoxy) is 5. The van der Waals surface area contributed by atoms with Gasteiger partial charge in [0.25, 0.3) is 0 Å². The molecule has 0 N–H and O–H groups in total. The lowest BCUT2D eigenvalue weighted by Gasteiger charge is -2.43. The topological polar surface area (TPSA) is 163 Å². The van der Waals surface area contributed by atoms with Gasteiger partial charge < -0.3 is 23.7 Å². The molecule has 0 unspecified atom stereocenters. The van der Waals surface area contributed by atoms with Crippen LogP contribution < -0.4 is 0 Å². The molecule has 144 valence electrons. The van der Waals surface area contributed by atoms with Crippen molar-refractivity contribution in [1.82, 2.24) is 0 Å². The molecule has 0 bridgehead atoms. The van der Waals surface area contributed by atoms with Crippen LogP contribution in [0.5, 0.6) is 0 Å². The third-order valence-corrected chi connectivity index (χ3v) is 3.10. The van der Waals surface area contributed by atoms with Crippen molar-refractivity contribution in [3.63, 3.8) is 0 Å². The van der Waals surface area contributed by atoms with Crippen molar-refractivity contribution >= 4 is 23.9 Å². The second kappa shape index (κ2) is 9.59. The van der Waals surface area contributed by atoms with E-state index in [4.69, 9.17) is 29.2 Å². The molecule has 0 aromatic carbocycles. The van der Waals surface area contributed by atoms with Crippen LogP contribution in [0.15, 0.2) is 5.11 Å². The van der Waals surface area contributed by atoms with Gasteiger partial charge in [0, 0.05) is 32.6 Å². The smallest absolute Gasteiger partial charge is 0.305 e. The van der Waals surface area contributed by atoms with Gasteiger partial charge in [0.1, 0.15) is 6.10 Å². The third-order valence-electron chi connectivity index (χ3n) is 3.10. The van der Waals surface area contributed by atoms with Gasteiger partial charge in [0.2, 0.25) is 12.4 Å². The summed E-state index contributed by atoms with van der Waals surface area (Å²) < 4.78 is 25.8. The number of hydrogen-bond donors (Lipinski definition) is 0. The van der Waals surface area contributed by atoms with Crippen LogP contribution in [-0.2, 0) is 42.9 Å². The summed E-state index contributed by atoms with van der Waals surface area (Å²) in [5.41, 5.74) is 8.51. The van der Waals surface area contributed by atoms with E-state index in [1.54, 1.807) is 0 Å². The Morgan fingerprint density at radius 2 is 1.31 bits per heavy atom. The summed E-state index contributed by atoms with van der Waals surface area (Å²) in [6, 6.07) is 0. The molecule has 0 radical (unpaired) electrons. The zero-order chi connectivity index (χ0) is 19.9. The fourth-order valence-electron chi connectivity index (χ4n) is 2.38. The highest BCUT2D eigenvalue weighted by Gasteiger charge is 2.52. The Morgan fingerprint density at radius 3 is 1.77 bits per heavy atom. The van der Waals surface area contributed by atoms with Gasteiger partial charge in [-0.2, -0.15) is 0 Å². The number of rotatable bonds is 6. The van der Waals surface area contributed by atoms with Gasteiger partial charge in [-0.15, -0.1) is 0 Å². The molecule has 0 saturated carbocycles. The lowest BCUT2D eigenvalue weighted by atomic mass is 9.97. The summed E-state index contributed by atoms with van der Waals surface area (Å²) in [5.74, 6) is -3.05. The van der Waals surface area contributed by atoms with Crippen LogP contribution in [0.1, 0.15) is 27.7 Å². The van der Waals surface area contributed by atoms with Gasteiger partial charge in [-0.1, -0.05) is 5.11 Å². The average Bonchev–Trinajstić information content (AvgIpc) is 2.49. The molecule has 1 aliphatic rings. The molecule has 26 heavy (non-hydrogen) atoms. The maximum atomic E-state index is 11.5. The molecule has 1 fully saturated rings. The van der Waals surface area contributed by atoms with Gasteiger partial charge in [0.15, 0.2) is 12.2 Å². The summed E-state index contributed by atoms with van der Waals surface area (Å²) in [6.45, 7) is 4.05. The normalized spacial score (nSPS) is 27.5. The maximum absolute atomic E-state index is 11.5. The summed E-state index contributed by atoms with van der Waals surface area (Å²) in [5, 5.41) is 3.34. The van der Waals surface area contributed by atoms with Gasteiger partial charge in [0.05, 0.1) is 6.54 Å². The van der Waals surface area contributed by atoms with Gasteiger partial charge in [-0.3, -0.25) is 19.2 Å². The van der Waals surface area contributed by atoms with Crippen molar-refractivity contribution in [2.45, 2.75) is 58.4 Å². The first-order chi connectivity index (χ1) is 12.1. The fourth-order valence-corrected chi connectivity index (χ4v) is 2.38. The van der Waals surface area contributed by atoms with E-state index in [9.17, 15) is 19.2 Å². The molecule has 5 atom stereocenters. The van der Waals surface area contributed by atoms with Crippen molar-refractivity contribution in [3.8, 4) is 0 Å².